The lowest BCUT2D eigenvalue weighted by molar-refractivity contribution is -0.119. The summed E-state index contributed by atoms with van der Waals surface area (Å²) < 4.78 is 21.2. The number of rotatable bonds is 5. The Morgan fingerprint density at radius 3 is 2.80 bits per heavy atom. The van der Waals surface area contributed by atoms with E-state index in [2.05, 4.69) is 15.6 Å². The topological polar surface area (TPSA) is 72.3 Å². The second kappa shape index (κ2) is 7.99. The Labute approximate surface area is 153 Å². The minimum absolute atomic E-state index is 0.128. The van der Waals surface area contributed by atoms with Gasteiger partial charge in [-0.2, -0.15) is 0 Å². The maximum Gasteiger partial charge on any atom is 0.253 e. The van der Waals surface area contributed by atoms with Gasteiger partial charge in [-0.15, -0.1) is 5.10 Å². The number of hydrogen-bond donors (Lipinski definition) is 1. The van der Waals surface area contributed by atoms with E-state index in [1.807, 2.05) is 4.90 Å². The summed E-state index contributed by atoms with van der Waals surface area (Å²) in [7, 11) is 0. The van der Waals surface area contributed by atoms with Crippen LogP contribution in [-0.4, -0.2) is 52.0 Å². The average molecular weight is 388 g/mol. The van der Waals surface area contributed by atoms with Crippen LogP contribution in [0.15, 0.2) is 24.4 Å². The first kappa shape index (κ1) is 17.9. The van der Waals surface area contributed by atoms with Crippen molar-refractivity contribution >= 4 is 34.8 Å². The fourth-order valence-electron chi connectivity index (χ4n) is 2.46. The molecule has 0 aliphatic carbocycles. The van der Waals surface area contributed by atoms with Crippen LogP contribution in [0.3, 0.4) is 0 Å². The Bertz CT molecular complexity index is 749. The van der Waals surface area contributed by atoms with Crippen molar-refractivity contribution in [3.05, 3.63) is 35.9 Å². The predicted molar refractivity (Wildman–Crippen MR) is 91.7 cm³/mol. The minimum atomic E-state index is -1.14. The normalized spacial score (nSPS) is 14.8. The number of carbonyl (C=O) groups is 1. The van der Waals surface area contributed by atoms with E-state index in [1.54, 1.807) is 18.3 Å². The van der Waals surface area contributed by atoms with Crippen LogP contribution in [-0.2, 0) is 16.1 Å². The molecule has 0 unspecified atom stereocenters. The molecule has 1 aliphatic heterocycles. The minimum Gasteiger partial charge on any atom is -0.378 e. The zero-order valence-electron chi connectivity index (χ0n) is 13.2. The van der Waals surface area contributed by atoms with Gasteiger partial charge in [0.1, 0.15) is 11.5 Å². The summed E-state index contributed by atoms with van der Waals surface area (Å²) in [6.07, 6.45) is 1.60. The highest BCUT2D eigenvalue weighted by atomic mass is 35.5. The van der Waals surface area contributed by atoms with Crippen molar-refractivity contribution in [3.8, 4) is 5.69 Å². The van der Waals surface area contributed by atoms with Crippen molar-refractivity contribution in [2.45, 2.75) is 11.4 Å². The molecule has 1 amide bonds. The van der Waals surface area contributed by atoms with E-state index >= 15 is 0 Å². The fourth-order valence-corrected chi connectivity index (χ4v) is 2.61. The predicted octanol–water partition coefficient (Wildman–Crippen LogP) is 1.66. The number of nitrogens with one attached hydrogen (secondary N) is 1. The average Bonchev–Trinajstić information content (AvgIpc) is 3.09. The molecule has 0 saturated carbocycles. The zero-order chi connectivity index (χ0) is 17.8. The summed E-state index contributed by atoms with van der Waals surface area (Å²) in [6, 6.07) is 4.87. The largest absolute Gasteiger partial charge is 0.378 e. The molecule has 0 atom stereocenters. The summed E-state index contributed by atoms with van der Waals surface area (Å²) in [6.45, 7) is 2.62. The van der Waals surface area contributed by atoms with Crippen molar-refractivity contribution in [2.75, 3.05) is 31.2 Å². The third-order valence-electron chi connectivity index (χ3n) is 3.73. The van der Waals surface area contributed by atoms with Gasteiger partial charge in [-0.25, -0.2) is 9.07 Å². The number of hydrogen-bond acceptors (Lipinski definition) is 5. The van der Waals surface area contributed by atoms with Gasteiger partial charge in [0, 0.05) is 19.2 Å². The third-order valence-corrected chi connectivity index (χ3v) is 4.13. The van der Waals surface area contributed by atoms with Crippen LogP contribution in [0.2, 0.25) is 0 Å². The molecule has 0 radical (unpaired) electrons. The van der Waals surface area contributed by atoms with Gasteiger partial charge in [0.05, 0.1) is 37.3 Å². The van der Waals surface area contributed by atoms with Gasteiger partial charge >= 0.3 is 0 Å². The van der Waals surface area contributed by atoms with Crippen molar-refractivity contribution < 1.29 is 13.9 Å². The number of morpholine rings is 1. The summed E-state index contributed by atoms with van der Waals surface area (Å²) in [4.78, 5) is 12.1. The molecule has 3 rings (SSSR count). The van der Waals surface area contributed by atoms with Gasteiger partial charge in [-0.3, -0.25) is 4.79 Å². The fraction of sp³-hybridized carbons (Fsp3) is 0.400. The van der Waals surface area contributed by atoms with E-state index in [9.17, 15) is 9.18 Å². The van der Waals surface area contributed by atoms with Crippen LogP contribution in [0.1, 0.15) is 5.69 Å². The van der Waals surface area contributed by atoms with Gasteiger partial charge in [0.15, 0.2) is 4.84 Å². The van der Waals surface area contributed by atoms with Gasteiger partial charge in [-0.1, -0.05) is 28.4 Å². The molecule has 1 fully saturated rings. The molecule has 0 spiro atoms. The number of amides is 1. The maximum absolute atomic E-state index is 14.4. The Morgan fingerprint density at radius 1 is 1.36 bits per heavy atom. The van der Waals surface area contributed by atoms with Crippen LogP contribution in [0.5, 0.6) is 0 Å². The Balaban J connectivity index is 1.70. The molecule has 1 aromatic heterocycles. The molecular formula is C15H16Cl2FN5O2. The van der Waals surface area contributed by atoms with E-state index in [-0.39, 0.29) is 12.4 Å². The highest BCUT2D eigenvalue weighted by molar-refractivity contribution is 6.53. The van der Waals surface area contributed by atoms with Gasteiger partial charge in [0.2, 0.25) is 0 Å². The number of ether oxygens (including phenoxy) is 1. The summed E-state index contributed by atoms with van der Waals surface area (Å²) in [5, 5.41) is 10.4. The Kier molecular flexibility index (Phi) is 5.72. The van der Waals surface area contributed by atoms with Crippen molar-refractivity contribution in [1.82, 2.24) is 20.3 Å². The Morgan fingerprint density at radius 2 is 2.12 bits per heavy atom. The van der Waals surface area contributed by atoms with Crippen LogP contribution in [0.25, 0.3) is 5.69 Å². The number of benzene rings is 1. The standard InChI is InChI=1S/C15H16Cl2FN5O2/c16-14(17)15(24)19-8-10-9-23(21-20-10)11-1-2-13(12(18)7-11)22-3-5-25-6-4-22/h1-2,7,9,14H,3-6,8H2,(H,19,24). The summed E-state index contributed by atoms with van der Waals surface area (Å²) >= 11 is 10.9. The second-order valence-electron chi connectivity index (χ2n) is 5.41. The van der Waals surface area contributed by atoms with E-state index in [4.69, 9.17) is 27.9 Å². The maximum atomic E-state index is 14.4. The molecule has 7 nitrogen and oxygen atoms in total. The molecule has 134 valence electrons. The van der Waals surface area contributed by atoms with Gasteiger partial charge < -0.3 is 15.0 Å². The molecule has 10 heteroatoms. The number of halogens is 3. The second-order valence-corrected chi connectivity index (χ2v) is 6.50. The van der Waals surface area contributed by atoms with E-state index in [0.717, 1.165) is 0 Å². The lowest BCUT2D eigenvalue weighted by Crippen LogP contribution is -2.36. The quantitative estimate of drug-likeness (QED) is 0.789. The van der Waals surface area contributed by atoms with E-state index in [1.165, 1.54) is 10.7 Å². The summed E-state index contributed by atoms with van der Waals surface area (Å²) in [5.74, 6) is -0.851. The molecule has 25 heavy (non-hydrogen) atoms. The molecule has 0 bridgehead atoms. The molecular weight excluding hydrogens is 372 g/mol. The number of anilines is 1. The first-order valence-electron chi connectivity index (χ1n) is 7.64. The molecule has 1 saturated heterocycles. The number of aromatic nitrogens is 3. The van der Waals surface area contributed by atoms with E-state index < -0.39 is 10.7 Å². The number of nitrogens with zero attached hydrogens (tertiary/aromatic N) is 4. The van der Waals surface area contributed by atoms with Crippen LogP contribution in [0.4, 0.5) is 10.1 Å². The molecule has 1 N–H and O–H groups in total. The lowest BCUT2D eigenvalue weighted by Gasteiger charge is -2.29. The smallest absolute Gasteiger partial charge is 0.253 e. The van der Waals surface area contributed by atoms with Crippen LogP contribution < -0.4 is 10.2 Å². The molecule has 1 aliphatic rings. The van der Waals surface area contributed by atoms with Crippen LogP contribution in [0, 0.1) is 5.82 Å². The van der Waals surface area contributed by atoms with Crippen molar-refractivity contribution in [3.63, 3.8) is 0 Å². The number of carbonyl (C=O) groups excluding carboxylic acids is 1. The first-order valence-corrected chi connectivity index (χ1v) is 8.51. The van der Waals surface area contributed by atoms with Crippen molar-refractivity contribution in [1.29, 1.82) is 0 Å². The van der Waals surface area contributed by atoms with Gasteiger partial charge in [0.25, 0.3) is 5.91 Å². The third kappa shape index (κ3) is 4.39. The zero-order valence-corrected chi connectivity index (χ0v) is 14.7. The van der Waals surface area contributed by atoms with Crippen molar-refractivity contribution in [2.24, 2.45) is 0 Å². The first-order chi connectivity index (χ1) is 12.0. The number of alkyl halides is 2. The highest BCUT2D eigenvalue weighted by Crippen LogP contribution is 2.23. The lowest BCUT2D eigenvalue weighted by atomic mass is 10.2. The monoisotopic (exact) mass is 387 g/mol. The van der Waals surface area contributed by atoms with Crippen LogP contribution >= 0.6 is 23.2 Å². The molecule has 1 aromatic carbocycles. The highest BCUT2D eigenvalue weighted by Gasteiger charge is 2.16. The molecule has 2 aromatic rings. The summed E-state index contributed by atoms with van der Waals surface area (Å²) in [5.41, 5.74) is 1.57. The Hall–Kier alpha value is -1.90. The molecule has 2 heterocycles. The van der Waals surface area contributed by atoms with Gasteiger partial charge in [-0.05, 0) is 12.1 Å². The van der Waals surface area contributed by atoms with E-state index in [0.29, 0.717) is 43.4 Å². The SMILES string of the molecule is O=C(NCc1cn(-c2ccc(N3CCOCC3)c(F)c2)nn1)C(Cl)Cl.